The molecule has 8 heteroatoms. The highest BCUT2D eigenvalue weighted by Gasteiger charge is 2.47. The number of likely N-dealkylation sites (N-methyl/N-ethyl adjacent to an activating group) is 1. The monoisotopic (exact) mass is 493 g/mol. The predicted molar refractivity (Wildman–Crippen MR) is 143 cm³/mol. The number of carbonyl (C=O) groups excluding carboxylic acids is 2. The van der Waals surface area contributed by atoms with E-state index in [0.717, 1.165) is 42.8 Å². The van der Waals surface area contributed by atoms with Gasteiger partial charge < -0.3 is 19.9 Å². The van der Waals surface area contributed by atoms with Gasteiger partial charge in [-0.05, 0) is 55.1 Å². The number of anilines is 2. The van der Waals surface area contributed by atoms with Crippen LogP contribution in [-0.4, -0.2) is 64.9 Å². The Balaban J connectivity index is 1.44. The fourth-order valence-corrected chi connectivity index (χ4v) is 5.26. The lowest BCUT2D eigenvalue weighted by atomic mass is 9.95. The minimum absolute atomic E-state index is 0.0593. The van der Waals surface area contributed by atoms with E-state index in [2.05, 4.69) is 26.8 Å². The first-order valence-electron chi connectivity index (χ1n) is 12.3. The van der Waals surface area contributed by atoms with Crippen molar-refractivity contribution in [2.24, 2.45) is 0 Å². The van der Waals surface area contributed by atoms with Crippen molar-refractivity contribution in [3.63, 3.8) is 0 Å². The summed E-state index contributed by atoms with van der Waals surface area (Å²) in [5.74, 6) is -1.59. The van der Waals surface area contributed by atoms with Crippen LogP contribution in [0.4, 0.5) is 11.4 Å². The largest absolute Gasteiger partial charge is 0.507 e. The van der Waals surface area contributed by atoms with Crippen molar-refractivity contribution in [2.45, 2.75) is 6.04 Å². The third-order valence-electron chi connectivity index (χ3n) is 7.31. The minimum atomic E-state index is -0.786. The Morgan fingerprint density at radius 2 is 1.59 bits per heavy atom. The number of aromatic nitrogens is 2. The number of aliphatic hydroxyl groups excluding tert-OH is 1. The first-order chi connectivity index (χ1) is 18.0. The molecule has 2 fully saturated rings. The molecule has 1 unspecified atom stereocenters. The van der Waals surface area contributed by atoms with Crippen LogP contribution in [0, 0.1) is 0 Å². The Kier molecular flexibility index (Phi) is 5.73. The standard InChI is InChI=1S/C29H27N5O3/c1-32-14-16-33(17-15-32)20-6-8-21(9-7-20)34-26(19-10-12-30-13-11-19)25(28(36)29(34)37)27(35)23-18-31-24-5-3-2-4-22(23)24/h2-13,18,26,31,35H,14-17H2,1H3/b27-25-. The van der Waals surface area contributed by atoms with Crippen LogP contribution in [0.15, 0.2) is 84.8 Å². The molecule has 186 valence electrons. The molecule has 0 aliphatic carbocycles. The van der Waals surface area contributed by atoms with Crippen LogP contribution in [0.1, 0.15) is 17.2 Å². The first-order valence-corrected chi connectivity index (χ1v) is 12.3. The third-order valence-corrected chi connectivity index (χ3v) is 7.31. The van der Waals surface area contributed by atoms with Crippen LogP contribution < -0.4 is 9.80 Å². The van der Waals surface area contributed by atoms with Gasteiger partial charge in [-0.25, -0.2) is 0 Å². The Hall–Kier alpha value is -4.43. The van der Waals surface area contributed by atoms with Gasteiger partial charge in [0.2, 0.25) is 0 Å². The Labute approximate surface area is 214 Å². The maximum absolute atomic E-state index is 13.5. The van der Waals surface area contributed by atoms with Crippen LogP contribution in [-0.2, 0) is 9.59 Å². The highest BCUT2D eigenvalue weighted by Crippen LogP contribution is 2.43. The fourth-order valence-electron chi connectivity index (χ4n) is 5.26. The summed E-state index contributed by atoms with van der Waals surface area (Å²) in [7, 11) is 2.12. The molecule has 0 saturated carbocycles. The van der Waals surface area contributed by atoms with Crippen molar-refractivity contribution in [1.82, 2.24) is 14.9 Å². The lowest BCUT2D eigenvalue weighted by Gasteiger charge is -2.34. The number of rotatable bonds is 4. The third kappa shape index (κ3) is 3.95. The molecule has 8 nitrogen and oxygen atoms in total. The number of aliphatic hydroxyl groups is 1. The van der Waals surface area contributed by atoms with Crippen LogP contribution in [0.2, 0.25) is 0 Å². The smallest absolute Gasteiger partial charge is 0.300 e. The molecule has 37 heavy (non-hydrogen) atoms. The molecule has 2 aromatic carbocycles. The number of piperazine rings is 1. The summed E-state index contributed by atoms with van der Waals surface area (Å²) in [6, 6.07) is 18.0. The Morgan fingerprint density at radius 1 is 0.919 bits per heavy atom. The number of ketones is 1. The summed E-state index contributed by atoms with van der Waals surface area (Å²) in [6.45, 7) is 3.85. The van der Waals surface area contributed by atoms with Crippen molar-refractivity contribution in [3.8, 4) is 0 Å². The zero-order valence-electron chi connectivity index (χ0n) is 20.5. The summed E-state index contributed by atoms with van der Waals surface area (Å²) in [4.78, 5) is 40.2. The number of fused-ring (bicyclic) bond motifs is 1. The van der Waals surface area contributed by atoms with E-state index in [-0.39, 0.29) is 11.3 Å². The number of amides is 1. The highest BCUT2D eigenvalue weighted by atomic mass is 16.3. The lowest BCUT2D eigenvalue weighted by molar-refractivity contribution is -0.132. The molecule has 2 N–H and O–H groups in total. The number of carbonyl (C=O) groups is 2. The van der Waals surface area contributed by atoms with E-state index >= 15 is 0 Å². The van der Waals surface area contributed by atoms with Crippen LogP contribution in [0.3, 0.4) is 0 Å². The number of pyridine rings is 1. The van der Waals surface area contributed by atoms with Gasteiger partial charge in [0.1, 0.15) is 5.76 Å². The van der Waals surface area contributed by atoms with E-state index in [0.29, 0.717) is 16.8 Å². The average Bonchev–Trinajstić information content (AvgIpc) is 3.48. The van der Waals surface area contributed by atoms with Gasteiger partial charge in [0.05, 0.1) is 11.6 Å². The number of hydrogen-bond donors (Lipinski definition) is 2. The second kappa shape index (κ2) is 9.22. The molecule has 0 bridgehead atoms. The zero-order valence-corrected chi connectivity index (χ0v) is 20.5. The number of aromatic amines is 1. The topological polar surface area (TPSA) is 92.8 Å². The van der Waals surface area contributed by atoms with Crippen molar-refractivity contribution >= 4 is 39.7 Å². The molecule has 2 aliphatic heterocycles. The number of nitrogens with zero attached hydrogens (tertiary/aromatic N) is 4. The summed E-state index contributed by atoms with van der Waals surface area (Å²) in [5, 5.41) is 12.2. The summed E-state index contributed by atoms with van der Waals surface area (Å²) in [5.41, 5.74) is 3.74. The van der Waals surface area contributed by atoms with Gasteiger partial charge >= 0.3 is 0 Å². The van der Waals surface area contributed by atoms with Crippen molar-refractivity contribution < 1.29 is 14.7 Å². The van der Waals surface area contributed by atoms with E-state index in [1.165, 1.54) is 4.90 Å². The number of benzene rings is 2. The Bertz CT molecular complexity index is 1500. The Morgan fingerprint density at radius 3 is 2.32 bits per heavy atom. The zero-order chi connectivity index (χ0) is 25.5. The SMILES string of the molecule is CN1CCN(c2ccc(N3C(=O)C(=O)/C(=C(\O)c4c[nH]c5ccccc45)C3c3ccncc3)cc2)CC1. The van der Waals surface area contributed by atoms with Crippen LogP contribution in [0.25, 0.3) is 16.7 Å². The second-order valence-corrected chi connectivity index (χ2v) is 9.50. The molecule has 2 aliphatic rings. The van der Waals surface area contributed by atoms with Gasteiger partial charge in [-0.1, -0.05) is 18.2 Å². The molecule has 4 heterocycles. The molecule has 1 atom stereocenters. The molecule has 1 amide bonds. The van der Waals surface area contributed by atoms with E-state index in [4.69, 9.17) is 0 Å². The molecule has 0 radical (unpaired) electrons. The van der Waals surface area contributed by atoms with E-state index in [1.807, 2.05) is 48.5 Å². The summed E-state index contributed by atoms with van der Waals surface area (Å²) >= 11 is 0. The average molecular weight is 494 g/mol. The van der Waals surface area contributed by atoms with E-state index < -0.39 is 17.7 Å². The van der Waals surface area contributed by atoms with Crippen molar-refractivity contribution in [2.75, 3.05) is 43.0 Å². The van der Waals surface area contributed by atoms with Gasteiger partial charge in [0, 0.05) is 72.6 Å². The second-order valence-electron chi connectivity index (χ2n) is 9.50. The maximum Gasteiger partial charge on any atom is 0.300 e. The summed E-state index contributed by atoms with van der Waals surface area (Å²) in [6.07, 6.45) is 4.91. The van der Waals surface area contributed by atoms with Gasteiger partial charge in [0.15, 0.2) is 0 Å². The lowest BCUT2D eigenvalue weighted by Crippen LogP contribution is -2.44. The normalized spacial score (nSPS) is 20.2. The molecular weight excluding hydrogens is 466 g/mol. The van der Waals surface area contributed by atoms with E-state index in [9.17, 15) is 14.7 Å². The van der Waals surface area contributed by atoms with E-state index in [1.54, 1.807) is 30.7 Å². The number of H-pyrrole nitrogens is 1. The molecule has 2 saturated heterocycles. The first kappa shape index (κ1) is 23.0. The molecular formula is C29H27N5O3. The fraction of sp³-hybridized carbons (Fsp3) is 0.207. The van der Waals surface area contributed by atoms with Crippen molar-refractivity contribution in [3.05, 3.63) is 96.0 Å². The quantitative estimate of drug-likeness (QED) is 0.254. The molecule has 6 rings (SSSR count). The number of hydrogen-bond acceptors (Lipinski definition) is 6. The van der Waals surface area contributed by atoms with Gasteiger partial charge in [0.25, 0.3) is 11.7 Å². The number of Topliss-reactive ketones (excluding diaryl/α,β-unsaturated/α-hetero) is 1. The molecule has 2 aromatic heterocycles. The minimum Gasteiger partial charge on any atom is -0.507 e. The maximum atomic E-state index is 13.5. The molecule has 0 spiro atoms. The molecule has 4 aromatic rings. The van der Waals surface area contributed by atoms with Gasteiger partial charge in [-0.15, -0.1) is 0 Å². The van der Waals surface area contributed by atoms with Gasteiger partial charge in [-0.3, -0.25) is 19.5 Å². The number of para-hydroxylation sites is 1. The van der Waals surface area contributed by atoms with Crippen LogP contribution in [0.5, 0.6) is 0 Å². The number of nitrogens with one attached hydrogen (secondary N) is 1. The summed E-state index contributed by atoms with van der Waals surface area (Å²) < 4.78 is 0. The van der Waals surface area contributed by atoms with Crippen molar-refractivity contribution in [1.29, 1.82) is 0 Å². The highest BCUT2D eigenvalue weighted by molar-refractivity contribution is 6.51. The van der Waals surface area contributed by atoms with Gasteiger partial charge in [-0.2, -0.15) is 0 Å². The van der Waals surface area contributed by atoms with Crippen LogP contribution >= 0.6 is 0 Å². The predicted octanol–water partition coefficient (Wildman–Crippen LogP) is 3.94.